The minimum Gasteiger partial charge on any atom is -0.392 e. The number of aliphatic hydroxyl groups is 1. The van der Waals surface area contributed by atoms with Gasteiger partial charge in [-0.25, -0.2) is 0 Å². The Bertz CT molecular complexity index is 463. The Kier molecular flexibility index (Phi) is 4.28. The maximum atomic E-state index is 13.0. The van der Waals surface area contributed by atoms with E-state index in [1.807, 2.05) is 4.90 Å². The molecule has 0 saturated carbocycles. The first kappa shape index (κ1) is 15.2. The summed E-state index contributed by atoms with van der Waals surface area (Å²) in [6.45, 7) is 5.20. The third-order valence-electron chi connectivity index (χ3n) is 3.80. The van der Waals surface area contributed by atoms with Gasteiger partial charge in [0.25, 0.3) is 0 Å². The van der Waals surface area contributed by atoms with Crippen molar-refractivity contribution in [3.63, 3.8) is 0 Å². The van der Waals surface area contributed by atoms with Gasteiger partial charge < -0.3 is 10.0 Å². The number of benzene rings is 1. The van der Waals surface area contributed by atoms with Gasteiger partial charge in [-0.3, -0.25) is 0 Å². The summed E-state index contributed by atoms with van der Waals surface area (Å²) in [4.78, 5) is 2.01. The summed E-state index contributed by atoms with van der Waals surface area (Å²) in [6.07, 6.45) is -3.32. The summed E-state index contributed by atoms with van der Waals surface area (Å²) in [7, 11) is 0. The minimum atomic E-state index is -4.43. The molecule has 20 heavy (non-hydrogen) atoms. The van der Waals surface area contributed by atoms with Gasteiger partial charge in [-0.05, 0) is 36.0 Å². The number of aliphatic hydroxyl groups excluding tert-OH is 1. The zero-order valence-electron chi connectivity index (χ0n) is 11.7. The van der Waals surface area contributed by atoms with Crippen molar-refractivity contribution >= 4 is 5.69 Å². The molecule has 1 N–H and O–H groups in total. The Hall–Kier alpha value is -1.23. The molecule has 1 aliphatic heterocycles. The highest BCUT2D eigenvalue weighted by Gasteiger charge is 2.34. The molecule has 112 valence electrons. The topological polar surface area (TPSA) is 23.5 Å². The van der Waals surface area contributed by atoms with Gasteiger partial charge in [0.05, 0.1) is 12.2 Å². The van der Waals surface area contributed by atoms with Crippen molar-refractivity contribution < 1.29 is 18.3 Å². The number of nitrogens with zero attached hydrogens (tertiary/aromatic N) is 1. The predicted molar refractivity (Wildman–Crippen MR) is 72.5 cm³/mol. The van der Waals surface area contributed by atoms with Gasteiger partial charge in [0.1, 0.15) is 0 Å². The number of rotatable bonds is 2. The third kappa shape index (κ3) is 3.26. The van der Waals surface area contributed by atoms with E-state index in [1.54, 1.807) is 6.07 Å². The number of piperidine rings is 1. The maximum absolute atomic E-state index is 13.0. The molecule has 0 amide bonds. The first-order valence-corrected chi connectivity index (χ1v) is 6.87. The Labute approximate surface area is 117 Å². The van der Waals surface area contributed by atoms with Gasteiger partial charge in [-0.15, -0.1) is 0 Å². The summed E-state index contributed by atoms with van der Waals surface area (Å²) in [5.41, 5.74) is -0.212. The summed E-state index contributed by atoms with van der Waals surface area (Å²) < 4.78 is 39.0. The highest BCUT2D eigenvalue weighted by Crippen LogP contribution is 2.36. The number of anilines is 1. The third-order valence-corrected chi connectivity index (χ3v) is 3.80. The fraction of sp³-hybridized carbons (Fsp3) is 0.600. The summed E-state index contributed by atoms with van der Waals surface area (Å²) in [5, 5.41) is 9.05. The lowest BCUT2D eigenvalue weighted by Gasteiger charge is -2.37. The molecule has 0 aliphatic carbocycles. The maximum Gasteiger partial charge on any atom is 0.416 e. The lowest BCUT2D eigenvalue weighted by Crippen LogP contribution is -2.38. The SMILES string of the molecule is CC1CC(C)CN(c2ccc(CO)c(C(F)(F)F)c2)C1. The molecule has 1 aromatic carbocycles. The Balaban J connectivity index is 2.33. The molecule has 2 rings (SSSR count). The van der Waals surface area contributed by atoms with Gasteiger partial charge in [-0.2, -0.15) is 13.2 Å². The number of halogens is 3. The van der Waals surface area contributed by atoms with Gasteiger partial charge in [0.2, 0.25) is 0 Å². The van der Waals surface area contributed by atoms with Crippen molar-refractivity contribution in [2.45, 2.75) is 33.1 Å². The molecule has 1 aliphatic rings. The Morgan fingerprint density at radius 3 is 2.30 bits per heavy atom. The van der Waals surface area contributed by atoms with E-state index in [9.17, 15) is 13.2 Å². The molecule has 1 heterocycles. The van der Waals surface area contributed by atoms with E-state index >= 15 is 0 Å². The molecule has 0 aromatic heterocycles. The quantitative estimate of drug-likeness (QED) is 0.897. The smallest absolute Gasteiger partial charge is 0.392 e. The molecule has 1 saturated heterocycles. The highest BCUT2D eigenvalue weighted by molar-refractivity contribution is 5.52. The van der Waals surface area contributed by atoms with Crippen LogP contribution in [0.1, 0.15) is 31.4 Å². The predicted octanol–water partition coefficient (Wildman–Crippen LogP) is 3.68. The zero-order valence-corrected chi connectivity index (χ0v) is 11.7. The van der Waals surface area contributed by atoms with Crippen molar-refractivity contribution in [2.75, 3.05) is 18.0 Å². The molecular formula is C15H20F3NO. The van der Waals surface area contributed by atoms with Crippen LogP contribution < -0.4 is 4.90 Å². The second-order valence-corrected chi connectivity index (χ2v) is 5.85. The molecule has 2 nitrogen and oxygen atoms in total. The van der Waals surface area contributed by atoms with Gasteiger partial charge in [0, 0.05) is 18.8 Å². The summed E-state index contributed by atoms with van der Waals surface area (Å²) >= 11 is 0. The fourth-order valence-electron chi connectivity index (χ4n) is 3.04. The molecule has 1 fully saturated rings. The van der Waals surface area contributed by atoms with Crippen LogP contribution in [0.2, 0.25) is 0 Å². The molecule has 1 aromatic rings. The average molecular weight is 287 g/mol. The Morgan fingerprint density at radius 2 is 1.80 bits per heavy atom. The van der Waals surface area contributed by atoms with Crippen molar-refractivity contribution in [2.24, 2.45) is 11.8 Å². The lowest BCUT2D eigenvalue weighted by atomic mass is 9.91. The lowest BCUT2D eigenvalue weighted by molar-refractivity contribution is -0.138. The summed E-state index contributed by atoms with van der Waals surface area (Å²) in [6, 6.07) is 4.21. The van der Waals surface area contributed by atoms with Crippen LogP contribution in [0, 0.1) is 11.8 Å². The van der Waals surface area contributed by atoms with Crippen LogP contribution in [0.25, 0.3) is 0 Å². The van der Waals surface area contributed by atoms with Crippen LogP contribution in [-0.2, 0) is 12.8 Å². The molecule has 5 heteroatoms. The Morgan fingerprint density at radius 1 is 1.20 bits per heavy atom. The molecule has 0 bridgehead atoms. The normalized spacial score (nSPS) is 24.0. The van der Waals surface area contributed by atoms with Crippen molar-refractivity contribution in [3.05, 3.63) is 29.3 Å². The summed E-state index contributed by atoms with van der Waals surface area (Å²) in [5.74, 6) is 0.955. The van der Waals surface area contributed by atoms with Crippen LogP contribution in [0.3, 0.4) is 0 Å². The average Bonchev–Trinajstić information content (AvgIpc) is 2.35. The van der Waals surface area contributed by atoms with Crippen LogP contribution in [0.15, 0.2) is 18.2 Å². The largest absolute Gasteiger partial charge is 0.416 e. The minimum absolute atomic E-state index is 0.0700. The second-order valence-electron chi connectivity index (χ2n) is 5.85. The monoisotopic (exact) mass is 287 g/mol. The zero-order chi connectivity index (χ0) is 14.9. The number of alkyl halides is 3. The number of hydrogen-bond acceptors (Lipinski definition) is 2. The van der Waals surface area contributed by atoms with E-state index in [1.165, 1.54) is 6.07 Å². The second kappa shape index (κ2) is 5.64. The van der Waals surface area contributed by atoms with E-state index < -0.39 is 18.3 Å². The standard InChI is InChI=1S/C15H20F3NO/c1-10-5-11(2)8-19(7-10)13-4-3-12(9-20)14(6-13)15(16,17)18/h3-4,6,10-11,20H,5,7-9H2,1-2H3. The number of hydrogen-bond donors (Lipinski definition) is 1. The van der Waals surface area contributed by atoms with Crippen LogP contribution in [0.5, 0.6) is 0 Å². The molecule has 0 spiro atoms. The van der Waals surface area contributed by atoms with E-state index in [0.29, 0.717) is 17.5 Å². The van der Waals surface area contributed by atoms with Crippen molar-refractivity contribution in [1.82, 2.24) is 0 Å². The molecule has 2 atom stereocenters. The van der Waals surface area contributed by atoms with Gasteiger partial charge >= 0.3 is 6.18 Å². The van der Waals surface area contributed by atoms with Crippen molar-refractivity contribution in [3.8, 4) is 0 Å². The van der Waals surface area contributed by atoms with E-state index in [2.05, 4.69) is 13.8 Å². The molecule has 2 unspecified atom stereocenters. The van der Waals surface area contributed by atoms with E-state index in [0.717, 1.165) is 25.6 Å². The van der Waals surface area contributed by atoms with Crippen molar-refractivity contribution in [1.29, 1.82) is 0 Å². The van der Waals surface area contributed by atoms with Crippen LogP contribution in [-0.4, -0.2) is 18.2 Å². The van der Waals surface area contributed by atoms with Crippen LogP contribution in [0.4, 0.5) is 18.9 Å². The van der Waals surface area contributed by atoms with E-state index in [4.69, 9.17) is 5.11 Å². The highest BCUT2D eigenvalue weighted by atomic mass is 19.4. The first-order chi connectivity index (χ1) is 9.31. The molecule has 0 radical (unpaired) electrons. The van der Waals surface area contributed by atoms with Gasteiger partial charge in [0.15, 0.2) is 0 Å². The van der Waals surface area contributed by atoms with Crippen LogP contribution >= 0.6 is 0 Å². The van der Waals surface area contributed by atoms with E-state index in [-0.39, 0.29) is 5.56 Å². The van der Waals surface area contributed by atoms with Gasteiger partial charge in [-0.1, -0.05) is 19.9 Å². The fourth-order valence-corrected chi connectivity index (χ4v) is 3.04. The first-order valence-electron chi connectivity index (χ1n) is 6.87. The molecular weight excluding hydrogens is 267 g/mol.